The Hall–Kier alpha value is -3.14. The third-order valence-electron chi connectivity index (χ3n) is 6.62. The average Bonchev–Trinajstić information content (AvgIpc) is 2.87. The summed E-state index contributed by atoms with van der Waals surface area (Å²) < 4.78 is 45.8. The summed E-state index contributed by atoms with van der Waals surface area (Å²) in [4.78, 5) is 28.5. The molecule has 202 valence electrons. The molecule has 0 saturated heterocycles. The molecule has 1 N–H and O–H groups in total. The fourth-order valence-corrected chi connectivity index (χ4v) is 5.53. The van der Waals surface area contributed by atoms with E-state index in [0.29, 0.717) is 17.7 Å². The summed E-state index contributed by atoms with van der Waals surface area (Å²) in [7, 11) is -2.47. The lowest BCUT2D eigenvalue weighted by Gasteiger charge is -2.34. The fourth-order valence-electron chi connectivity index (χ4n) is 4.68. The van der Waals surface area contributed by atoms with Crippen LogP contribution in [-0.2, 0) is 26.2 Å². The van der Waals surface area contributed by atoms with Crippen LogP contribution in [0.2, 0.25) is 0 Å². The molecule has 2 aromatic rings. The predicted molar refractivity (Wildman–Crippen MR) is 141 cm³/mol. The topological polar surface area (TPSA) is 96.0 Å². The second kappa shape index (κ2) is 12.9. The number of para-hydroxylation sites is 1. The zero-order valence-electron chi connectivity index (χ0n) is 21.7. The number of ether oxygens (including phenoxy) is 1. The second-order valence-corrected chi connectivity index (χ2v) is 11.3. The van der Waals surface area contributed by atoms with Crippen LogP contribution in [0, 0.1) is 5.82 Å². The van der Waals surface area contributed by atoms with Crippen LogP contribution in [0.15, 0.2) is 48.5 Å². The van der Waals surface area contributed by atoms with Crippen molar-refractivity contribution in [1.82, 2.24) is 10.2 Å². The van der Waals surface area contributed by atoms with Crippen LogP contribution < -0.4 is 14.4 Å². The summed E-state index contributed by atoms with van der Waals surface area (Å²) in [5.41, 5.74) is 0.493. The van der Waals surface area contributed by atoms with E-state index in [-0.39, 0.29) is 24.2 Å². The Morgan fingerprint density at radius 1 is 1.11 bits per heavy atom. The first-order valence-corrected chi connectivity index (χ1v) is 14.4. The molecule has 0 spiro atoms. The summed E-state index contributed by atoms with van der Waals surface area (Å²) in [6.07, 6.45) is 6.25. The highest BCUT2D eigenvalue weighted by atomic mass is 32.2. The molecule has 2 aromatic carbocycles. The van der Waals surface area contributed by atoms with Crippen molar-refractivity contribution in [2.75, 3.05) is 24.2 Å². The number of halogens is 1. The number of benzene rings is 2. The van der Waals surface area contributed by atoms with Gasteiger partial charge in [0.15, 0.2) is 0 Å². The molecular weight excluding hydrogens is 497 g/mol. The van der Waals surface area contributed by atoms with Gasteiger partial charge in [-0.25, -0.2) is 12.8 Å². The van der Waals surface area contributed by atoms with Crippen LogP contribution >= 0.6 is 0 Å². The Morgan fingerprint density at radius 2 is 1.81 bits per heavy atom. The second-order valence-electron chi connectivity index (χ2n) is 9.36. The van der Waals surface area contributed by atoms with Gasteiger partial charge in [-0.3, -0.25) is 13.9 Å². The smallest absolute Gasteiger partial charge is 0.244 e. The van der Waals surface area contributed by atoms with E-state index < -0.39 is 34.3 Å². The zero-order chi connectivity index (χ0) is 27.0. The van der Waals surface area contributed by atoms with Crippen molar-refractivity contribution < 1.29 is 27.1 Å². The molecule has 3 rings (SSSR count). The van der Waals surface area contributed by atoms with Gasteiger partial charge in [0.1, 0.15) is 24.2 Å². The lowest BCUT2D eigenvalue weighted by atomic mass is 9.95. The Kier molecular flexibility index (Phi) is 9.91. The van der Waals surface area contributed by atoms with E-state index in [2.05, 4.69) is 5.32 Å². The lowest BCUT2D eigenvalue weighted by Crippen LogP contribution is -2.54. The van der Waals surface area contributed by atoms with E-state index in [0.717, 1.165) is 48.7 Å². The predicted octanol–water partition coefficient (Wildman–Crippen LogP) is 3.86. The number of carbonyl (C=O) groups is 2. The molecule has 1 aliphatic carbocycles. The molecule has 10 heteroatoms. The van der Waals surface area contributed by atoms with Crippen molar-refractivity contribution in [2.24, 2.45) is 0 Å². The van der Waals surface area contributed by atoms with Crippen LogP contribution in [0.5, 0.6) is 5.75 Å². The lowest BCUT2D eigenvalue weighted by molar-refractivity contribution is -0.140. The molecule has 0 heterocycles. The normalized spacial score (nSPS) is 15.0. The summed E-state index contributed by atoms with van der Waals surface area (Å²) in [6.45, 7) is 1.22. The molecule has 1 fully saturated rings. The standard InChI is InChI=1S/C27H36FN3O5S/c1-4-24(27(33)29-21-12-6-5-7-13-21)30(18-20-11-10-14-22(17-20)36-2)26(32)19-31(37(3,34)35)25-16-9-8-15-23(25)28/h8-11,14-17,21,24H,4-7,12-13,18-19H2,1-3H3,(H,29,33). The van der Waals surface area contributed by atoms with E-state index in [1.54, 1.807) is 24.3 Å². The third-order valence-corrected chi connectivity index (χ3v) is 7.75. The maximum atomic E-state index is 14.6. The van der Waals surface area contributed by atoms with Crippen LogP contribution in [0.1, 0.15) is 51.0 Å². The maximum Gasteiger partial charge on any atom is 0.244 e. The number of carbonyl (C=O) groups excluding carboxylic acids is 2. The number of methoxy groups -OCH3 is 1. The largest absolute Gasteiger partial charge is 0.497 e. The van der Waals surface area contributed by atoms with Gasteiger partial charge in [-0.2, -0.15) is 0 Å². The van der Waals surface area contributed by atoms with Gasteiger partial charge in [0.2, 0.25) is 21.8 Å². The Balaban J connectivity index is 1.93. The summed E-state index contributed by atoms with van der Waals surface area (Å²) in [5.74, 6) is -1.06. The Bertz CT molecular complexity index is 1180. The van der Waals surface area contributed by atoms with Crippen LogP contribution in [0.4, 0.5) is 10.1 Å². The molecule has 1 atom stereocenters. The molecule has 0 aliphatic heterocycles. The number of sulfonamides is 1. The average molecular weight is 534 g/mol. The summed E-state index contributed by atoms with van der Waals surface area (Å²) in [6, 6.07) is 11.7. The quantitative estimate of drug-likeness (QED) is 0.473. The van der Waals surface area contributed by atoms with Crippen LogP contribution in [0.25, 0.3) is 0 Å². The SMILES string of the molecule is CCC(C(=O)NC1CCCCC1)N(Cc1cccc(OC)c1)C(=O)CN(c1ccccc1F)S(C)(=O)=O. The maximum absolute atomic E-state index is 14.6. The van der Waals surface area contributed by atoms with Gasteiger partial charge in [-0.1, -0.05) is 50.5 Å². The van der Waals surface area contributed by atoms with Crippen molar-refractivity contribution in [3.8, 4) is 5.75 Å². The fraction of sp³-hybridized carbons (Fsp3) is 0.481. The highest BCUT2D eigenvalue weighted by Crippen LogP contribution is 2.24. The van der Waals surface area contributed by atoms with Crippen LogP contribution in [0.3, 0.4) is 0 Å². The first kappa shape index (κ1) is 28.4. The summed E-state index contributed by atoms with van der Waals surface area (Å²) >= 11 is 0. The number of amides is 2. The molecule has 37 heavy (non-hydrogen) atoms. The van der Waals surface area contributed by atoms with Crippen LogP contribution in [-0.4, -0.2) is 57.1 Å². The molecule has 2 amide bonds. The third kappa shape index (κ3) is 7.67. The van der Waals surface area contributed by atoms with E-state index in [9.17, 15) is 22.4 Å². The van der Waals surface area contributed by atoms with Crippen molar-refractivity contribution in [3.05, 3.63) is 59.9 Å². The molecule has 0 aromatic heterocycles. The zero-order valence-corrected chi connectivity index (χ0v) is 22.5. The number of anilines is 1. The molecule has 1 saturated carbocycles. The van der Waals surface area contributed by atoms with E-state index >= 15 is 0 Å². The number of hydrogen-bond acceptors (Lipinski definition) is 5. The van der Waals surface area contributed by atoms with Crippen molar-refractivity contribution in [1.29, 1.82) is 0 Å². The molecular formula is C27H36FN3O5S. The number of rotatable bonds is 11. The van der Waals surface area contributed by atoms with Gasteiger partial charge in [-0.05, 0) is 49.1 Å². The van der Waals surface area contributed by atoms with Crippen molar-refractivity contribution in [3.63, 3.8) is 0 Å². The van der Waals surface area contributed by atoms with Crippen molar-refractivity contribution in [2.45, 2.75) is 64.1 Å². The monoisotopic (exact) mass is 533 g/mol. The van der Waals surface area contributed by atoms with Crippen molar-refractivity contribution >= 4 is 27.5 Å². The first-order valence-electron chi connectivity index (χ1n) is 12.6. The number of nitrogens with zero attached hydrogens (tertiary/aromatic N) is 2. The minimum atomic E-state index is -4.00. The Labute approximate surface area is 218 Å². The van der Waals surface area contributed by atoms with Gasteiger partial charge in [0.25, 0.3) is 0 Å². The molecule has 8 nitrogen and oxygen atoms in total. The minimum absolute atomic E-state index is 0.0509. The van der Waals surface area contributed by atoms with E-state index in [1.807, 2.05) is 6.92 Å². The number of nitrogens with one attached hydrogen (secondary N) is 1. The minimum Gasteiger partial charge on any atom is -0.497 e. The number of hydrogen-bond donors (Lipinski definition) is 1. The summed E-state index contributed by atoms with van der Waals surface area (Å²) in [5, 5.41) is 3.09. The van der Waals surface area contributed by atoms with Gasteiger partial charge in [0.05, 0.1) is 19.1 Å². The van der Waals surface area contributed by atoms with Gasteiger partial charge < -0.3 is 15.0 Å². The molecule has 0 bridgehead atoms. The van der Waals surface area contributed by atoms with Gasteiger partial charge in [-0.15, -0.1) is 0 Å². The molecule has 1 aliphatic rings. The van der Waals surface area contributed by atoms with Gasteiger partial charge >= 0.3 is 0 Å². The highest BCUT2D eigenvalue weighted by Gasteiger charge is 2.33. The molecule has 0 radical (unpaired) electrons. The van der Waals surface area contributed by atoms with Gasteiger partial charge in [0, 0.05) is 12.6 Å². The Morgan fingerprint density at radius 3 is 2.43 bits per heavy atom. The highest BCUT2D eigenvalue weighted by molar-refractivity contribution is 7.92. The van der Waals surface area contributed by atoms with E-state index in [4.69, 9.17) is 4.74 Å². The first-order chi connectivity index (χ1) is 17.6. The molecule has 1 unspecified atom stereocenters. The van der Waals surface area contributed by atoms with E-state index in [1.165, 1.54) is 30.2 Å².